The topological polar surface area (TPSA) is 66.5 Å². The Balaban J connectivity index is 1.64. The van der Waals surface area contributed by atoms with E-state index in [1.807, 2.05) is 57.2 Å². The van der Waals surface area contributed by atoms with Crippen LogP contribution in [0.3, 0.4) is 0 Å². The number of rotatable bonds is 11. The lowest BCUT2D eigenvalue weighted by Crippen LogP contribution is -2.41. The molecule has 0 aromatic heterocycles. The van der Waals surface area contributed by atoms with E-state index in [2.05, 4.69) is 5.32 Å². The summed E-state index contributed by atoms with van der Waals surface area (Å²) in [7, 11) is -3.92. The highest BCUT2D eigenvalue weighted by Gasteiger charge is 2.28. The van der Waals surface area contributed by atoms with Crippen molar-refractivity contribution in [3.63, 3.8) is 0 Å². The fraction of sp³-hybridized carbons (Fsp3) is 0.296. The van der Waals surface area contributed by atoms with E-state index in [4.69, 9.17) is 11.6 Å². The number of amides is 1. The lowest BCUT2D eigenvalue weighted by atomic mass is 10.1. The van der Waals surface area contributed by atoms with Crippen molar-refractivity contribution in [1.29, 1.82) is 0 Å². The third-order valence-electron chi connectivity index (χ3n) is 5.74. The molecule has 35 heavy (non-hydrogen) atoms. The fourth-order valence-electron chi connectivity index (χ4n) is 3.53. The number of hydrogen-bond acceptors (Lipinski definition) is 4. The van der Waals surface area contributed by atoms with E-state index in [1.54, 1.807) is 42.1 Å². The molecular weight excluding hydrogens is 500 g/mol. The Bertz CT molecular complexity index is 1260. The zero-order valence-electron chi connectivity index (χ0n) is 20.3. The Labute approximate surface area is 217 Å². The summed E-state index contributed by atoms with van der Waals surface area (Å²) in [6, 6.07) is 19.9. The summed E-state index contributed by atoms with van der Waals surface area (Å²) in [5.74, 6) is 1.33. The number of aryl methyl sites for hydroxylation is 2. The second kappa shape index (κ2) is 12.5. The number of carbonyl (C=O) groups is 1. The standard InChI is InChI=1S/C27H31ClN2O3S2/c1-20-12-14-24(15-13-20)35(32,33)30(26-11-6-8-21(2)22(26)3)18-27(31)29-16-7-17-34-19-23-9-4-5-10-25(23)28/h4-6,8-15H,7,16-19H2,1-3H3,(H,29,31). The summed E-state index contributed by atoms with van der Waals surface area (Å²) in [5.41, 5.74) is 4.35. The van der Waals surface area contributed by atoms with Crippen LogP contribution >= 0.6 is 23.4 Å². The highest BCUT2D eigenvalue weighted by molar-refractivity contribution is 7.98. The van der Waals surface area contributed by atoms with Crippen molar-refractivity contribution in [1.82, 2.24) is 5.32 Å². The fourth-order valence-corrected chi connectivity index (χ4v) is 6.25. The molecule has 0 fully saturated rings. The van der Waals surface area contributed by atoms with Gasteiger partial charge >= 0.3 is 0 Å². The second-order valence-electron chi connectivity index (χ2n) is 8.39. The summed E-state index contributed by atoms with van der Waals surface area (Å²) in [5, 5.41) is 3.63. The third-order valence-corrected chi connectivity index (χ3v) is 8.98. The largest absolute Gasteiger partial charge is 0.354 e. The van der Waals surface area contributed by atoms with Crippen LogP contribution in [0.25, 0.3) is 0 Å². The van der Waals surface area contributed by atoms with Gasteiger partial charge in [-0.1, -0.05) is 59.6 Å². The SMILES string of the molecule is Cc1ccc(S(=O)(=O)N(CC(=O)NCCCSCc2ccccc2Cl)c2cccc(C)c2C)cc1. The minimum absolute atomic E-state index is 0.160. The van der Waals surface area contributed by atoms with E-state index in [-0.39, 0.29) is 17.3 Å². The van der Waals surface area contributed by atoms with Crippen LogP contribution < -0.4 is 9.62 Å². The van der Waals surface area contributed by atoms with Crippen LogP contribution in [0, 0.1) is 20.8 Å². The van der Waals surface area contributed by atoms with E-state index in [1.165, 1.54) is 4.31 Å². The number of sulfonamides is 1. The average Bonchev–Trinajstić information content (AvgIpc) is 2.83. The number of hydrogen-bond donors (Lipinski definition) is 1. The van der Waals surface area contributed by atoms with Crippen molar-refractivity contribution < 1.29 is 13.2 Å². The Hall–Kier alpha value is -2.48. The molecule has 3 rings (SSSR count). The van der Waals surface area contributed by atoms with E-state index in [0.29, 0.717) is 12.2 Å². The van der Waals surface area contributed by atoms with Gasteiger partial charge in [0.05, 0.1) is 10.6 Å². The molecule has 0 atom stereocenters. The van der Waals surface area contributed by atoms with Crippen molar-refractivity contribution in [2.24, 2.45) is 0 Å². The molecule has 5 nitrogen and oxygen atoms in total. The van der Waals surface area contributed by atoms with E-state index < -0.39 is 10.0 Å². The lowest BCUT2D eigenvalue weighted by Gasteiger charge is -2.26. The summed E-state index contributed by atoms with van der Waals surface area (Å²) in [6.07, 6.45) is 0.773. The predicted octanol–water partition coefficient (Wildman–Crippen LogP) is 5.90. The minimum atomic E-state index is -3.92. The highest BCUT2D eigenvalue weighted by atomic mass is 35.5. The summed E-state index contributed by atoms with van der Waals surface area (Å²) in [4.78, 5) is 13.0. The minimum Gasteiger partial charge on any atom is -0.354 e. The molecule has 3 aromatic carbocycles. The van der Waals surface area contributed by atoms with Crippen LogP contribution in [0.15, 0.2) is 71.6 Å². The maximum absolute atomic E-state index is 13.6. The number of thioether (sulfide) groups is 1. The molecule has 8 heteroatoms. The van der Waals surface area contributed by atoms with Crippen LogP contribution in [0.2, 0.25) is 5.02 Å². The van der Waals surface area contributed by atoms with Gasteiger partial charge in [-0.05, 0) is 73.9 Å². The maximum atomic E-state index is 13.6. The molecule has 3 aromatic rings. The van der Waals surface area contributed by atoms with E-state index in [0.717, 1.165) is 45.2 Å². The van der Waals surface area contributed by atoms with Gasteiger partial charge in [-0.3, -0.25) is 9.10 Å². The molecule has 0 aliphatic heterocycles. The second-order valence-corrected chi connectivity index (χ2v) is 11.8. The van der Waals surface area contributed by atoms with Gasteiger partial charge in [0.25, 0.3) is 10.0 Å². The lowest BCUT2D eigenvalue weighted by molar-refractivity contribution is -0.119. The number of nitrogens with zero attached hydrogens (tertiary/aromatic N) is 1. The molecule has 1 amide bonds. The molecule has 0 saturated carbocycles. The third kappa shape index (κ3) is 7.26. The summed E-state index contributed by atoms with van der Waals surface area (Å²) < 4.78 is 28.3. The summed E-state index contributed by atoms with van der Waals surface area (Å²) in [6.45, 7) is 5.89. The zero-order valence-corrected chi connectivity index (χ0v) is 22.6. The maximum Gasteiger partial charge on any atom is 0.264 e. The number of nitrogens with one attached hydrogen (secondary N) is 1. The summed E-state index contributed by atoms with van der Waals surface area (Å²) >= 11 is 7.94. The molecule has 0 unspecified atom stereocenters. The number of anilines is 1. The predicted molar refractivity (Wildman–Crippen MR) is 147 cm³/mol. The highest BCUT2D eigenvalue weighted by Crippen LogP contribution is 2.28. The van der Waals surface area contributed by atoms with Crippen LogP contribution in [0.4, 0.5) is 5.69 Å². The van der Waals surface area contributed by atoms with Gasteiger partial charge in [-0.2, -0.15) is 11.8 Å². The molecule has 186 valence electrons. The van der Waals surface area contributed by atoms with Gasteiger partial charge in [0.2, 0.25) is 5.91 Å². The van der Waals surface area contributed by atoms with Gasteiger partial charge in [0.15, 0.2) is 0 Å². The van der Waals surface area contributed by atoms with E-state index in [9.17, 15) is 13.2 Å². The van der Waals surface area contributed by atoms with Crippen molar-refractivity contribution in [3.8, 4) is 0 Å². The van der Waals surface area contributed by atoms with Gasteiger partial charge in [-0.15, -0.1) is 0 Å². The first kappa shape index (κ1) is 27.1. The van der Waals surface area contributed by atoms with Gasteiger partial charge in [0.1, 0.15) is 6.54 Å². The molecule has 0 radical (unpaired) electrons. The molecular formula is C27H31ClN2O3S2. The molecule has 0 spiro atoms. The first-order valence-electron chi connectivity index (χ1n) is 11.4. The average molecular weight is 531 g/mol. The first-order chi connectivity index (χ1) is 16.7. The molecule has 0 bridgehead atoms. The quantitative estimate of drug-likeness (QED) is 0.313. The smallest absolute Gasteiger partial charge is 0.264 e. The zero-order chi connectivity index (χ0) is 25.4. The van der Waals surface area contributed by atoms with E-state index >= 15 is 0 Å². The van der Waals surface area contributed by atoms with Crippen LogP contribution in [-0.4, -0.2) is 33.2 Å². The number of halogens is 1. The molecule has 0 aliphatic carbocycles. The van der Waals surface area contributed by atoms with Crippen LogP contribution in [0.5, 0.6) is 0 Å². The normalized spacial score (nSPS) is 11.3. The van der Waals surface area contributed by atoms with Crippen molar-refractivity contribution in [3.05, 3.63) is 94.0 Å². The van der Waals surface area contributed by atoms with Gasteiger partial charge in [-0.25, -0.2) is 8.42 Å². The van der Waals surface area contributed by atoms with Crippen LogP contribution in [0.1, 0.15) is 28.7 Å². The Morgan fingerprint density at radius 2 is 1.69 bits per heavy atom. The molecule has 0 heterocycles. The van der Waals surface area contributed by atoms with Crippen molar-refractivity contribution in [2.45, 2.75) is 37.8 Å². The van der Waals surface area contributed by atoms with Gasteiger partial charge < -0.3 is 5.32 Å². The number of benzene rings is 3. The Morgan fingerprint density at radius 1 is 0.971 bits per heavy atom. The molecule has 0 aliphatic rings. The molecule has 1 N–H and O–H groups in total. The Kier molecular flexibility index (Phi) is 9.66. The monoisotopic (exact) mass is 530 g/mol. The molecule has 0 saturated heterocycles. The van der Waals surface area contributed by atoms with Crippen LogP contribution in [-0.2, 0) is 20.6 Å². The number of carbonyl (C=O) groups excluding carboxylic acids is 1. The van der Waals surface area contributed by atoms with Gasteiger partial charge in [0, 0.05) is 17.3 Å². The Morgan fingerprint density at radius 3 is 2.40 bits per heavy atom. The van der Waals surface area contributed by atoms with Crippen molar-refractivity contribution in [2.75, 3.05) is 23.1 Å². The van der Waals surface area contributed by atoms with Crippen molar-refractivity contribution >= 4 is 45.0 Å². The first-order valence-corrected chi connectivity index (χ1v) is 14.4.